The maximum absolute atomic E-state index is 3.54. The number of aromatic amines is 1. The van der Waals surface area contributed by atoms with Gasteiger partial charge in [0.1, 0.15) is 0 Å². The Bertz CT molecular complexity index is 857. The minimum absolute atomic E-state index is 1.09. The molecule has 3 nitrogen and oxygen atoms in total. The minimum atomic E-state index is 1.09. The Balaban J connectivity index is 1.43. The van der Waals surface area contributed by atoms with Crippen molar-refractivity contribution in [2.45, 2.75) is 26.2 Å². The van der Waals surface area contributed by atoms with Gasteiger partial charge >= 0.3 is 0 Å². The van der Waals surface area contributed by atoms with E-state index in [1.165, 1.54) is 72.3 Å². The van der Waals surface area contributed by atoms with Crippen LogP contribution in [0.3, 0.4) is 0 Å². The number of likely N-dealkylation sites (tertiary alicyclic amines) is 1. The molecule has 0 amide bonds. The molecule has 1 N–H and O–H groups in total. The van der Waals surface area contributed by atoms with Crippen LogP contribution >= 0.6 is 0 Å². The fraction of sp³-hybridized carbons (Fsp3) is 0.391. The van der Waals surface area contributed by atoms with E-state index in [1.54, 1.807) is 0 Å². The smallest absolute Gasteiger partial charge is 0.0464 e. The normalized spacial score (nSPS) is 15.5. The van der Waals surface area contributed by atoms with Crippen molar-refractivity contribution in [3.05, 3.63) is 54.1 Å². The van der Waals surface area contributed by atoms with Crippen LogP contribution in [0.1, 0.15) is 24.8 Å². The second-order valence-electron chi connectivity index (χ2n) is 7.64. The predicted octanol–water partition coefficient (Wildman–Crippen LogP) is 5.07. The van der Waals surface area contributed by atoms with Gasteiger partial charge in [-0.25, -0.2) is 0 Å². The lowest BCUT2D eigenvalue weighted by Gasteiger charge is -2.29. The van der Waals surface area contributed by atoms with Crippen LogP contribution in [0.4, 0.5) is 5.69 Å². The van der Waals surface area contributed by atoms with Gasteiger partial charge in [0.2, 0.25) is 0 Å². The molecule has 4 rings (SSSR count). The molecule has 2 heterocycles. The first-order valence-electron chi connectivity index (χ1n) is 9.82. The highest BCUT2D eigenvalue weighted by molar-refractivity contribution is 5.86. The summed E-state index contributed by atoms with van der Waals surface area (Å²) in [4.78, 5) is 8.50. The van der Waals surface area contributed by atoms with Crippen LogP contribution in [-0.4, -0.2) is 43.1 Å². The molecule has 0 aliphatic carbocycles. The van der Waals surface area contributed by atoms with Gasteiger partial charge in [-0.15, -0.1) is 0 Å². The number of piperidine rings is 1. The van der Waals surface area contributed by atoms with Gasteiger partial charge in [-0.1, -0.05) is 30.2 Å². The summed E-state index contributed by atoms with van der Waals surface area (Å²) in [6, 6.07) is 17.7. The van der Waals surface area contributed by atoms with Crippen molar-refractivity contribution in [3.63, 3.8) is 0 Å². The number of hydrogen-bond donors (Lipinski definition) is 1. The summed E-state index contributed by atoms with van der Waals surface area (Å²) in [5.74, 6) is 0. The molecular weight excluding hydrogens is 318 g/mol. The summed E-state index contributed by atoms with van der Waals surface area (Å²) in [7, 11) is 2.20. The number of rotatable bonds is 5. The molecule has 136 valence electrons. The van der Waals surface area contributed by atoms with Gasteiger partial charge in [-0.3, -0.25) is 0 Å². The summed E-state index contributed by atoms with van der Waals surface area (Å²) < 4.78 is 0. The molecule has 0 bridgehead atoms. The van der Waals surface area contributed by atoms with E-state index in [0.29, 0.717) is 0 Å². The van der Waals surface area contributed by atoms with Gasteiger partial charge in [-0.2, -0.15) is 0 Å². The molecular formula is C23H29N3. The largest absolute Gasteiger partial charge is 0.373 e. The fourth-order valence-corrected chi connectivity index (χ4v) is 3.91. The first-order valence-corrected chi connectivity index (χ1v) is 9.82. The van der Waals surface area contributed by atoms with E-state index in [9.17, 15) is 0 Å². The highest BCUT2D eigenvalue weighted by Crippen LogP contribution is 2.26. The van der Waals surface area contributed by atoms with Crippen LogP contribution in [0.25, 0.3) is 22.2 Å². The summed E-state index contributed by atoms with van der Waals surface area (Å²) in [6.07, 6.45) is 4.13. The quantitative estimate of drug-likeness (QED) is 0.696. The Morgan fingerprint density at radius 3 is 2.50 bits per heavy atom. The molecule has 0 spiro atoms. The van der Waals surface area contributed by atoms with Crippen molar-refractivity contribution in [1.82, 2.24) is 9.88 Å². The van der Waals surface area contributed by atoms with Gasteiger partial charge in [-0.05, 0) is 68.8 Å². The van der Waals surface area contributed by atoms with Crippen molar-refractivity contribution in [1.29, 1.82) is 0 Å². The van der Waals surface area contributed by atoms with Crippen molar-refractivity contribution in [2.75, 3.05) is 38.1 Å². The average molecular weight is 348 g/mol. The fourth-order valence-electron chi connectivity index (χ4n) is 3.91. The van der Waals surface area contributed by atoms with E-state index in [4.69, 9.17) is 0 Å². The number of hydrogen-bond acceptors (Lipinski definition) is 2. The number of likely N-dealkylation sites (N-methyl/N-ethyl adjacent to an activating group) is 1. The Labute approximate surface area is 156 Å². The topological polar surface area (TPSA) is 22.3 Å². The zero-order chi connectivity index (χ0) is 17.9. The summed E-state index contributed by atoms with van der Waals surface area (Å²) in [6.45, 7) is 6.94. The Morgan fingerprint density at radius 2 is 1.73 bits per heavy atom. The Hall–Kier alpha value is -2.26. The van der Waals surface area contributed by atoms with Crippen LogP contribution in [-0.2, 0) is 0 Å². The zero-order valence-electron chi connectivity index (χ0n) is 16.0. The summed E-state index contributed by atoms with van der Waals surface area (Å²) >= 11 is 0. The molecule has 1 saturated heterocycles. The van der Waals surface area contributed by atoms with Crippen molar-refractivity contribution < 1.29 is 0 Å². The lowest BCUT2D eigenvalue weighted by atomic mass is 10.1. The molecule has 3 heteroatoms. The number of nitrogens with zero attached hydrogens (tertiary/aromatic N) is 2. The van der Waals surface area contributed by atoms with E-state index in [1.807, 2.05) is 0 Å². The van der Waals surface area contributed by atoms with Crippen molar-refractivity contribution in [3.8, 4) is 11.3 Å². The first kappa shape index (κ1) is 17.2. The maximum atomic E-state index is 3.54. The zero-order valence-corrected chi connectivity index (χ0v) is 16.0. The third-order valence-electron chi connectivity index (χ3n) is 5.60. The number of benzene rings is 2. The second kappa shape index (κ2) is 7.55. The molecule has 1 aliphatic heterocycles. The van der Waals surface area contributed by atoms with E-state index in [-0.39, 0.29) is 0 Å². The van der Waals surface area contributed by atoms with Gasteiger partial charge in [0.05, 0.1) is 0 Å². The first-order chi connectivity index (χ1) is 12.7. The Morgan fingerprint density at radius 1 is 0.962 bits per heavy atom. The van der Waals surface area contributed by atoms with E-state index < -0.39 is 0 Å². The SMILES string of the molecule is Cc1ccc2[nH]c(-c3ccc(N(C)CCN4CCCCC4)cc3)cc2c1. The molecule has 0 radical (unpaired) electrons. The van der Waals surface area contributed by atoms with E-state index in [2.05, 4.69) is 77.3 Å². The van der Waals surface area contributed by atoms with E-state index in [0.717, 1.165) is 6.54 Å². The molecule has 0 atom stereocenters. The average Bonchev–Trinajstić information content (AvgIpc) is 3.10. The monoisotopic (exact) mass is 347 g/mol. The van der Waals surface area contributed by atoms with E-state index >= 15 is 0 Å². The molecule has 3 aromatic rings. The second-order valence-corrected chi connectivity index (χ2v) is 7.64. The van der Waals surface area contributed by atoms with Crippen molar-refractivity contribution in [2.24, 2.45) is 0 Å². The van der Waals surface area contributed by atoms with Gasteiger partial charge in [0.25, 0.3) is 0 Å². The van der Waals surface area contributed by atoms with Gasteiger partial charge in [0.15, 0.2) is 0 Å². The maximum Gasteiger partial charge on any atom is 0.0464 e. The minimum Gasteiger partial charge on any atom is -0.373 e. The van der Waals surface area contributed by atoms with Crippen LogP contribution in [0.5, 0.6) is 0 Å². The molecule has 1 fully saturated rings. The highest BCUT2D eigenvalue weighted by Gasteiger charge is 2.11. The van der Waals surface area contributed by atoms with Crippen LogP contribution < -0.4 is 4.90 Å². The van der Waals surface area contributed by atoms with Crippen molar-refractivity contribution >= 4 is 16.6 Å². The van der Waals surface area contributed by atoms with Crippen LogP contribution in [0, 0.1) is 6.92 Å². The third-order valence-corrected chi connectivity index (χ3v) is 5.60. The third kappa shape index (κ3) is 3.78. The number of aryl methyl sites for hydroxylation is 1. The standard InChI is InChI=1S/C23H29N3/c1-18-6-11-22-20(16-18)17-23(24-22)19-7-9-21(10-8-19)25(2)14-15-26-12-4-3-5-13-26/h6-11,16-17,24H,3-5,12-15H2,1-2H3. The number of anilines is 1. The van der Waals surface area contributed by atoms with Crippen LogP contribution in [0.2, 0.25) is 0 Å². The molecule has 26 heavy (non-hydrogen) atoms. The predicted molar refractivity (Wildman–Crippen MR) is 112 cm³/mol. The number of fused-ring (bicyclic) bond motifs is 1. The molecule has 0 saturated carbocycles. The number of nitrogens with one attached hydrogen (secondary N) is 1. The summed E-state index contributed by atoms with van der Waals surface area (Å²) in [5.41, 5.74) is 6.22. The number of H-pyrrole nitrogens is 1. The molecule has 1 aliphatic rings. The Kier molecular flexibility index (Phi) is 4.98. The molecule has 2 aromatic carbocycles. The van der Waals surface area contributed by atoms with Gasteiger partial charge in [0, 0.05) is 42.4 Å². The molecule has 1 aromatic heterocycles. The lowest BCUT2D eigenvalue weighted by molar-refractivity contribution is 0.234. The molecule has 0 unspecified atom stereocenters. The van der Waals surface area contributed by atoms with Crippen LogP contribution in [0.15, 0.2) is 48.5 Å². The van der Waals surface area contributed by atoms with Gasteiger partial charge < -0.3 is 14.8 Å². The highest BCUT2D eigenvalue weighted by atomic mass is 15.2. The number of aromatic nitrogens is 1. The lowest BCUT2D eigenvalue weighted by Crippen LogP contribution is -2.36. The summed E-state index contributed by atoms with van der Waals surface area (Å²) in [5, 5.41) is 1.28.